The van der Waals surface area contributed by atoms with Gasteiger partial charge in [-0.25, -0.2) is 0 Å². The summed E-state index contributed by atoms with van der Waals surface area (Å²) in [5, 5.41) is 3.78. The van der Waals surface area contributed by atoms with E-state index in [9.17, 15) is 8.42 Å². The lowest BCUT2D eigenvalue weighted by Crippen LogP contribution is -2.49. The van der Waals surface area contributed by atoms with Crippen LogP contribution in [-0.2, 0) is 14.9 Å². The zero-order chi connectivity index (χ0) is 15.2. The fourth-order valence-electron chi connectivity index (χ4n) is 2.95. The van der Waals surface area contributed by atoms with E-state index in [-0.39, 0.29) is 12.2 Å². The first-order valence-corrected chi connectivity index (χ1v) is 8.41. The van der Waals surface area contributed by atoms with Crippen LogP contribution in [0.3, 0.4) is 0 Å². The minimum atomic E-state index is -3.38. The van der Waals surface area contributed by atoms with Gasteiger partial charge in [0.2, 0.25) is 0 Å². The van der Waals surface area contributed by atoms with Crippen molar-refractivity contribution in [2.75, 3.05) is 27.2 Å². The molecule has 0 spiro atoms. The summed E-state index contributed by atoms with van der Waals surface area (Å²) in [7, 11) is -0.296. The highest BCUT2D eigenvalue weighted by Gasteiger charge is 2.44. The molecule has 2 saturated heterocycles. The quantitative estimate of drug-likeness (QED) is 0.799. The second kappa shape index (κ2) is 5.31. The number of hydrogen-bond acceptors (Lipinski definition) is 6. The molecule has 0 amide bonds. The first-order valence-electron chi connectivity index (χ1n) is 7.01. The molecule has 0 saturated carbocycles. The molecule has 2 fully saturated rings. The number of fused-ring (bicyclic) bond motifs is 1. The Morgan fingerprint density at radius 3 is 2.76 bits per heavy atom. The second-order valence-corrected chi connectivity index (χ2v) is 7.92. The molecule has 2 aliphatic heterocycles. The minimum absolute atomic E-state index is 0.106. The van der Waals surface area contributed by atoms with E-state index in [4.69, 9.17) is 9.26 Å². The lowest BCUT2D eigenvalue weighted by Gasteiger charge is -2.34. The van der Waals surface area contributed by atoms with E-state index in [1.165, 1.54) is 8.61 Å². The highest BCUT2D eigenvalue weighted by molar-refractivity contribution is 7.86. The van der Waals surface area contributed by atoms with Gasteiger partial charge in [0.15, 0.2) is 5.82 Å². The Kier molecular flexibility index (Phi) is 3.76. The van der Waals surface area contributed by atoms with Crippen LogP contribution in [0.2, 0.25) is 0 Å². The van der Waals surface area contributed by atoms with Gasteiger partial charge in [-0.15, -0.1) is 0 Å². The van der Waals surface area contributed by atoms with Gasteiger partial charge in [0.05, 0.1) is 6.10 Å². The molecule has 0 unspecified atom stereocenters. The normalized spacial score (nSPS) is 30.8. The average molecular weight is 316 g/mol. The Bertz CT molecular complexity index is 615. The van der Waals surface area contributed by atoms with Gasteiger partial charge in [0.1, 0.15) is 6.10 Å². The smallest absolute Gasteiger partial charge is 0.281 e. The lowest BCUT2D eigenvalue weighted by atomic mass is 9.93. The largest absolute Gasteiger partial charge is 0.363 e. The third-order valence-corrected chi connectivity index (χ3v) is 6.03. The van der Waals surface area contributed by atoms with Crippen molar-refractivity contribution in [2.24, 2.45) is 5.92 Å². The summed E-state index contributed by atoms with van der Waals surface area (Å²) in [5.41, 5.74) is 0. The monoisotopic (exact) mass is 316 g/mol. The van der Waals surface area contributed by atoms with Crippen molar-refractivity contribution >= 4 is 10.2 Å². The van der Waals surface area contributed by atoms with Crippen LogP contribution in [0.25, 0.3) is 0 Å². The molecular weight excluding hydrogens is 296 g/mol. The summed E-state index contributed by atoms with van der Waals surface area (Å²) in [4.78, 5) is 4.20. The standard InChI is InChI=1S/C12H20N4O4S/c1-8-13-12(20-14-8)10-6-9-4-5-16(7-11(9)19-10)21(17,18)15(2)3/h9-11H,4-7H2,1-3H3/t9-,10-,11+/m0/s1. The van der Waals surface area contributed by atoms with Gasteiger partial charge in [-0.2, -0.15) is 22.0 Å². The van der Waals surface area contributed by atoms with Crippen molar-refractivity contribution in [1.29, 1.82) is 0 Å². The summed E-state index contributed by atoms with van der Waals surface area (Å²) in [6.45, 7) is 2.68. The molecule has 0 aliphatic carbocycles. The molecule has 0 N–H and O–H groups in total. The Morgan fingerprint density at radius 2 is 2.14 bits per heavy atom. The van der Waals surface area contributed by atoms with Crippen LogP contribution in [0, 0.1) is 12.8 Å². The van der Waals surface area contributed by atoms with E-state index in [2.05, 4.69) is 10.1 Å². The number of nitrogens with zero attached hydrogens (tertiary/aromatic N) is 4. The third kappa shape index (κ3) is 2.70. The molecule has 2 aliphatic rings. The van der Waals surface area contributed by atoms with E-state index in [0.29, 0.717) is 30.7 Å². The van der Waals surface area contributed by atoms with Crippen molar-refractivity contribution in [2.45, 2.75) is 32.0 Å². The van der Waals surface area contributed by atoms with Crippen LogP contribution in [0.1, 0.15) is 30.7 Å². The van der Waals surface area contributed by atoms with Crippen molar-refractivity contribution in [3.8, 4) is 0 Å². The van der Waals surface area contributed by atoms with Crippen LogP contribution in [0.15, 0.2) is 4.52 Å². The summed E-state index contributed by atoms with van der Waals surface area (Å²) >= 11 is 0. The molecule has 21 heavy (non-hydrogen) atoms. The highest BCUT2D eigenvalue weighted by atomic mass is 32.2. The van der Waals surface area contributed by atoms with E-state index >= 15 is 0 Å². The maximum atomic E-state index is 12.2. The molecule has 3 rings (SSSR count). The third-order valence-electron chi connectivity index (χ3n) is 4.12. The summed E-state index contributed by atoms with van der Waals surface area (Å²) < 4.78 is 38.2. The predicted octanol–water partition coefficient (Wildman–Crippen LogP) is 0.336. The number of aryl methyl sites for hydroxylation is 1. The molecule has 3 heterocycles. The van der Waals surface area contributed by atoms with E-state index in [1.54, 1.807) is 21.0 Å². The van der Waals surface area contributed by atoms with Crippen molar-refractivity contribution < 1.29 is 17.7 Å². The molecule has 0 radical (unpaired) electrons. The molecule has 9 heteroatoms. The Morgan fingerprint density at radius 1 is 1.38 bits per heavy atom. The van der Waals surface area contributed by atoms with E-state index in [0.717, 1.165) is 12.8 Å². The molecule has 0 bridgehead atoms. The maximum Gasteiger partial charge on any atom is 0.281 e. The van der Waals surface area contributed by atoms with Gasteiger partial charge in [0.25, 0.3) is 16.1 Å². The predicted molar refractivity (Wildman–Crippen MR) is 73.6 cm³/mol. The number of aromatic nitrogens is 2. The van der Waals surface area contributed by atoms with Gasteiger partial charge in [-0.05, 0) is 25.7 Å². The van der Waals surface area contributed by atoms with Gasteiger partial charge < -0.3 is 9.26 Å². The van der Waals surface area contributed by atoms with Gasteiger partial charge >= 0.3 is 0 Å². The molecule has 1 aromatic rings. The van der Waals surface area contributed by atoms with E-state index < -0.39 is 10.2 Å². The number of ether oxygens (including phenoxy) is 1. The summed E-state index contributed by atoms with van der Waals surface area (Å²) in [5.74, 6) is 1.42. The molecule has 1 aromatic heterocycles. The molecule has 3 atom stereocenters. The van der Waals surface area contributed by atoms with Gasteiger partial charge in [0, 0.05) is 27.2 Å². The lowest BCUT2D eigenvalue weighted by molar-refractivity contribution is -0.00269. The first kappa shape index (κ1) is 14.9. The SMILES string of the molecule is Cc1noc([C@@H]2C[C@@H]3CCN(S(=O)(=O)N(C)C)C[C@H]3O2)n1. The second-order valence-electron chi connectivity index (χ2n) is 5.78. The molecule has 8 nitrogen and oxygen atoms in total. The summed E-state index contributed by atoms with van der Waals surface area (Å²) in [6.07, 6.45) is 1.28. The zero-order valence-electron chi connectivity index (χ0n) is 12.4. The van der Waals surface area contributed by atoms with Crippen LogP contribution < -0.4 is 0 Å². The van der Waals surface area contributed by atoms with Gasteiger partial charge in [-0.1, -0.05) is 5.16 Å². The summed E-state index contributed by atoms with van der Waals surface area (Å²) in [6, 6.07) is 0. The number of piperidine rings is 1. The average Bonchev–Trinajstić information content (AvgIpc) is 3.03. The zero-order valence-corrected chi connectivity index (χ0v) is 13.2. The first-order chi connectivity index (χ1) is 9.88. The molecular formula is C12H20N4O4S. The fourth-order valence-corrected chi connectivity index (χ4v) is 4.08. The van der Waals surface area contributed by atoms with Crippen LogP contribution in [0.5, 0.6) is 0 Å². The molecule has 118 valence electrons. The topological polar surface area (TPSA) is 88.8 Å². The Labute approximate surface area is 124 Å². The highest BCUT2D eigenvalue weighted by Crippen LogP contribution is 2.40. The van der Waals surface area contributed by atoms with Crippen LogP contribution in [0.4, 0.5) is 0 Å². The molecule has 0 aromatic carbocycles. The minimum Gasteiger partial charge on any atom is -0.363 e. The number of hydrogen-bond donors (Lipinski definition) is 0. The maximum absolute atomic E-state index is 12.2. The fraction of sp³-hybridized carbons (Fsp3) is 0.833. The number of rotatable bonds is 3. The van der Waals surface area contributed by atoms with E-state index in [1.807, 2.05) is 0 Å². The van der Waals surface area contributed by atoms with Crippen LogP contribution in [-0.4, -0.2) is 60.5 Å². The van der Waals surface area contributed by atoms with Crippen LogP contribution >= 0.6 is 0 Å². The van der Waals surface area contributed by atoms with Crippen molar-refractivity contribution in [3.63, 3.8) is 0 Å². The Balaban J connectivity index is 1.70. The van der Waals surface area contributed by atoms with Crippen molar-refractivity contribution in [1.82, 2.24) is 18.8 Å². The van der Waals surface area contributed by atoms with Gasteiger partial charge in [-0.3, -0.25) is 0 Å². The Hall–Kier alpha value is -1.03. The van der Waals surface area contributed by atoms with Crippen molar-refractivity contribution in [3.05, 3.63) is 11.7 Å².